The number of ether oxygens (including phenoxy) is 3. The first-order chi connectivity index (χ1) is 8.56. The molecule has 0 aliphatic heterocycles. The lowest BCUT2D eigenvalue weighted by Gasteiger charge is -2.26. The smallest absolute Gasteiger partial charge is 0.239 e. The van der Waals surface area contributed by atoms with Crippen LogP contribution < -0.4 is 11.1 Å². The Bertz CT molecular complexity index is 226. The Morgan fingerprint density at radius 3 is 2.44 bits per heavy atom. The molecule has 1 unspecified atom stereocenters. The largest absolute Gasteiger partial charge is 0.385 e. The number of hydrogen-bond acceptors (Lipinski definition) is 5. The van der Waals surface area contributed by atoms with Crippen molar-refractivity contribution in [3.05, 3.63) is 0 Å². The standard InChI is InChI=1S/C12H26N2O4/c1-4-14-12(2,11(13)15)10-18-9-8-17-7-5-6-16-3/h14H,4-10H2,1-3H3,(H2,13,15). The number of amides is 1. The first-order valence-corrected chi connectivity index (χ1v) is 6.26. The summed E-state index contributed by atoms with van der Waals surface area (Å²) in [5.74, 6) is -0.412. The summed E-state index contributed by atoms with van der Waals surface area (Å²) in [5, 5.41) is 3.02. The fourth-order valence-corrected chi connectivity index (χ4v) is 1.40. The van der Waals surface area contributed by atoms with Gasteiger partial charge in [-0.2, -0.15) is 0 Å². The summed E-state index contributed by atoms with van der Waals surface area (Å²) in [7, 11) is 1.66. The first kappa shape index (κ1) is 17.3. The number of likely N-dealkylation sites (N-methyl/N-ethyl adjacent to an activating group) is 1. The van der Waals surface area contributed by atoms with Crippen molar-refractivity contribution in [3.63, 3.8) is 0 Å². The predicted molar refractivity (Wildman–Crippen MR) is 69.4 cm³/mol. The van der Waals surface area contributed by atoms with E-state index in [1.807, 2.05) is 6.92 Å². The lowest BCUT2D eigenvalue weighted by molar-refractivity contribution is -0.126. The molecule has 6 heteroatoms. The molecular weight excluding hydrogens is 236 g/mol. The minimum atomic E-state index is -0.815. The van der Waals surface area contributed by atoms with Crippen LogP contribution in [0.3, 0.4) is 0 Å². The van der Waals surface area contributed by atoms with E-state index < -0.39 is 11.4 Å². The van der Waals surface area contributed by atoms with Crippen LogP contribution in [-0.2, 0) is 19.0 Å². The Kier molecular flexibility index (Phi) is 9.86. The molecular formula is C12H26N2O4. The van der Waals surface area contributed by atoms with Gasteiger partial charge in [0.15, 0.2) is 0 Å². The van der Waals surface area contributed by atoms with Gasteiger partial charge in [0.2, 0.25) is 5.91 Å². The molecule has 18 heavy (non-hydrogen) atoms. The molecule has 0 rings (SSSR count). The molecule has 0 heterocycles. The van der Waals surface area contributed by atoms with E-state index in [9.17, 15) is 4.79 Å². The molecule has 0 aromatic heterocycles. The van der Waals surface area contributed by atoms with Crippen molar-refractivity contribution in [1.82, 2.24) is 5.32 Å². The molecule has 0 aromatic rings. The molecule has 0 aliphatic rings. The van der Waals surface area contributed by atoms with Crippen molar-refractivity contribution in [2.75, 3.05) is 46.7 Å². The third kappa shape index (κ3) is 7.60. The molecule has 0 saturated carbocycles. The minimum Gasteiger partial charge on any atom is -0.385 e. The number of carbonyl (C=O) groups is 1. The number of primary amides is 1. The zero-order valence-electron chi connectivity index (χ0n) is 11.7. The van der Waals surface area contributed by atoms with Gasteiger partial charge in [0.25, 0.3) is 0 Å². The Morgan fingerprint density at radius 1 is 1.22 bits per heavy atom. The molecule has 0 aliphatic carbocycles. The van der Waals surface area contributed by atoms with E-state index >= 15 is 0 Å². The van der Waals surface area contributed by atoms with E-state index in [1.165, 1.54) is 0 Å². The summed E-state index contributed by atoms with van der Waals surface area (Å²) in [4.78, 5) is 11.3. The Balaban J connectivity index is 3.59. The van der Waals surface area contributed by atoms with Crippen molar-refractivity contribution in [1.29, 1.82) is 0 Å². The van der Waals surface area contributed by atoms with Crippen molar-refractivity contribution < 1.29 is 19.0 Å². The third-order valence-electron chi connectivity index (χ3n) is 2.51. The van der Waals surface area contributed by atoms with Crippen LogP contribution >= 0.6 is 0 Å². The van der Waals surface area contributed by atoms with Crippen LogP contribution in [0.2, 0.25) is 0 Å². The average Bonchev–Trinajstić information content (AvgIpc) is 2.33. The maximum atomic E-state index is 11.3. The predicted octanol–water partition coefficient (Wildman–Crippen LogP) is -0.0904. The number of methoxy groups -OCH3 is 1. The molecule has 1 amide bonds. The van der Waals surface area contributed by atoms with Gasteiger partial charge in [0, 0.05) is 20.3 Å². The zero-order valence-corrected chi connectivity index (χ0v) is 11.7. The third-order valence-corrected chi connectivity index (χ3v) is 2.51. The van der Waals surface area contributed by atoms with Crippen LogP contribution in [0.25, 0.3) is 0 Å². The van der Waals surface area contributed by atoms with E-state index in [4.69, 9.17) is 19.9 Å². The van der Waals surface area contributed by atoms with Gasteiger partial charge < -0.3 is 25.3 Å². The summed E-state index contributed by atoms with van der Waals surface area (Å²) >= 11 is 0. The first-order valence-electron chi connectivity index (χ1n) is 6.26. The van der Waals surface area contributed by atoms with E-state index in [0.717, 1.165) is 6.42 Å². The molecule has 3 N–H and O–H groups in total. The van der Waals surface area contributed by atoms with E-state index in [-0.39, 0.29) is 6.61 Å². The quantitative estimate of drug-likeness (QED) is 0.480. The summed E-state index contributed by atoms with van der Waals surface area (Å²) in [6.07, 6.45) is 0.868. The normalized spacial score (nSPS) is 14.4. The van der Waals surface area contributed by atoms with Crippen molar-refractivity contribution in [3.8, 4) is 0 Å². The van der Waals surface area contributed by atoms with Gasteiger partial charge in [-0.3, -0.25) is 4.79 Å². The van der Waals surface area contributed by atoms with Crippen LogP contribution in [0.5, 0.6) is 0 Å². The molecule has 6 nitrogen and oxygen atoms in total. The van der Waals surface area contributed by atoms with Gasteiger partial charge in [-0.1, -0.05) is 6.92 Å². The summed E-state index contributed by atoms with van der Waals surface area (Å²) in [6, 6.07) is 0. The maximum Gasteiger partial charge on any atom is 0.239 e. The SMILES string of the molecule is CCNC(C)(COCCOCCCOC)C(N)=O. The fraction of sp³-hybridized carbons (Fsp3) is 0.917. The van der Waals surface area contributed by atoms with Crippen LogP contribution in [0.15, 0.2) is 0 Å². The molecule has 1 atom stereocenters. The van der Waals surface area contributed by atoms with Gasteiger partial charge in [0.05, 0.1) is 19.8 Å². The van der Waals surface area contributed by atoms with Gasteiger partial charge in [0.1, 0.15) is 5.54 Å². The number of nitrogens with two attached hydrogens (primary N) is 1. The van der Waals surface area contributed by atoms with E-state index in [2.05, 4.69) is 5.32 Å². The second-order valence-corrected chi connectivity index (χ2v) is 4.24. The lowest BCUT2D eigenvalue weighted by atomic mass is 10.0. The topological polar surface area (TPSA) is 82.8 Å². The van der Waals surface area contributed by atoms with Gasteiger partial charge in [-0.15, -0.1) is 0 Å². The molecule has 0 saturated heterocycles. The van der Waals surface area contributed by atoms with E-state index in [1.54, 1.807) is 14.0 Å². The average molecular weight is 262 g/mol. The molecule has 0 bridgehead atoms. The molecule has 0 aromatic carbocycles. The second kappa shape index (κ2) is 10.3. The zero-order chi connectivity index (χ0) is 13.9. The summed E-state index contributed by atoms with van der Waals surface area (Å²) in [6.45, 7) is 6.86. The van der Waals surface area contributed by atoms with Crippen molar-refractivity contribution in [2.45, 2.75) is 25.8 Å². The summed E-state index contributed by atoms with van der Waals surface area (Å²) < 4.78 is 15.6. The van der Waals surface area contributed by atoms with Crippen LogP contribution in [0.4, 0.5) is 0 Å². The van der Waals surface area contributed by atoms with E-state index in [0.29, 0.717) is 33.0 Å². The highest BCUT2D eigenvalue weighted by Crippen LogP contribution is 2.03. The molecule has 0 fully saturated rings. The Hall–Kier alpha value is -0.690. The maximum absolute atomic E-state index is 11.3. The molecule has 108 valence electrons. The monoisotopic (exact) mass is 262 g/mol. The fourth-order valence-electron chi connectivity index (χ4n) is 1.40. The molecule has 0 spiro atoms. The second-order valence-electron chi connectivity index (χ2n) is 4.24. The van der Waals surface area contributed by atoms with Crippen molar-refractivity contribution >= 4 is 5.91 Å². The van der Waals surface area contributed by atoms with Crippen molar-refractivity contribution in [2.24, 2.45) is 5.73 Å². The van der Waals surface area contributed by atoms with Gasteiger partial charge in [-0.05, 0) is 19.9 Å². The lowest BCUT2D eigenvalue weighted by Crippen LogP contribution is -2.56. The Labute approximate surface area is 109 Å². The highest BCUT2D eigenvalue weighted by molar-refractivity contribution is 5.84. The van der Waals surface area contributed by atoms with Crippen LogP contribution in [0.1, 0.15) is 20.3 Å². The molecule has 0 radical (unpaired) electrons. The number of rotatable bonds is 12. The minimum absolute atomic E-state index is 0.248. The highest BCUT2D eigenvalue weighted by Gasteiger charge is 2.29. The number of hydrogen-bond donors (Lipinski definition) is 2. The highest BCUT2D eigenvalue weighted by atomic mass is 16.5. The number of nitrogens with one attached hydrogen (secondary N) is 1. The number of carbonyl (C=O) groups excluding carboxylic acids is 1. The Morgan fingerprint density at radius 2 is 1.89 bits per heavy atom. The van der Waals surface area contributed by atoms with Crippen LogP contribution in [-0.4, -0.2) is 58.1 Å². The van der Waals surface area contributed by atoms with Gasteiger partial charge in [-0.25, -0.2) is 0 Å². The van der Waals surface area contributed by atoms with Crippen LogP contribution in [0, 0.1) is 0 Å². The van der Waals surface area contributed by atoms with Gasteiger partial charge >= 0.3 is 0 Å². The summed E-state index contributed by atoms with van der Waals surface area (Å²) in [5.41, 5.74) is 4.51.